The minimum atomic E-state index is -1.12. The molecule has 5 nitrogen and oxygen atoms in total. The maximum absolute atomic E-state index is 10.4. The molecule has 0 bridgehead atoms. The molecule has 2 saturated heterocycles. The van der Waals surface area contributed by atoms with E-state index in [4.69, 9.17) is 0 Å². The van der Waals surface area contributed by atoms with Crippen LogP contribution in [0.2, 0.25) is 0 Å². The minimum Gasteiger partial charge on any atom is -0.390 e. The summed E-state index contributed by atoms with van der Waals surface area (Å²) < 4.78 is 0. The number of piperidine rings is 1. The third-order valence-corrected chi connectivity index (χ3v) is 3.65. The highest BCUT2D eigenvalue weighted by Crippen LogP contribution is 2.33. The summed E-state index contributed by atoms with van der Waals surface area (Å²) in [5.41, 5.74) is -1.12. The third-order valence-electron chi connectivity index (χ3n) is 3.65. The molecule has 0 aromatic heterocycles. The lowest BCUT2D eigenvalue weighted by Gasteiger charge is -2.42. The SMILES string of the molecule is C=CCNC1(O)CCN2CCC(O)C(O)C21. The summed E-state index contributed by atoms with van der Waals surface area (Å²) in [5.74, 6) is 0. The Kier molecular flexibility index (Phi) is 3.32. The number of nitrogens with one attached hydrogen (secondary N) is 1. The predicted octanol–water partition coefficient (Wildman–Crippen LogP) is -1.35. The molecule has 0 saturated carbocycles. The Balaban J connectivity index is 2.13. The second-order valence-corrected chi connectivity index (χ2v) is 4.67. The molecule has 16 heavy (non-hydrogen) atoms. The number of aliphatic hydroxyl groups is 3. The van der Waals surface area contributed by atoms with Crippen molar-refractivity contribution in [3.8, 4) is 0 Å². The van der Waals surface area contributed by atoms with Gasteiger partial charge in [0.1, 0.15) is 5.72 Å². The molecule has 2 rings (SSSR count). The number of rotatable bonds is 3. The molecule has 4 atom stereocenters. The van der Waals surface area contributed by atoms with Crippen molar-refractivity contribution in [1.29, 1.82) is 0 Å². The zero-order chi connectivity index (χ0) is 11.8. The van der Waals surface area contributed by atoms with Gasteiger partial charge in [-0.15, -0.1) is 6.58 Å². The number of aliphatic hydroxyl groups excluding tert-OH is 2. The summed E-state index contributed by atoms with van der Waals surface area (Å²) in [6.07, 6.45) is 1.17. The zero-order valence-corrected chi connectivity index (χ0v) is 9.34. The van der Waals surface area contributed by atoms with Crippen LogP contribution >= 0.6 is 0 Å². The van der Waals surface area contributed by atoms with Crippen molar-refractivity contribution < 1.29 is 15.3 Å². The molecule has 5 heteroatoms. The third kappa shape index (κ3) is 1.89. The minimum absolute atomic E-state index is 0.420. The van der Waals surface area contributed by atoms with Gasteiger partial charge >= 0.3 is 0 Å². The van der Waals surface area contributed by atoms with Gasteiger partial charge in [-0.25, -0.2) is 0 Å². The molecule has 2 aliphatic heterocycles. The predicted molar refractivity (Wildman–Crippen MR) is 59.8 cm³/mol. The highest BCUT2D eigenvalue weighted by atomic mass is 16.3. The van der Waals surface area contributed by atoms with Gasteiger partial charge in [0.05, 0.1) is 18.2 Å². The normalized spacial score (nSPS) is 44.3. The van der Waals surface area contributed by atoms with Gasteiger partial charge in [-0.3, -0.25) is 10.2 Å². The average molecular weight is 228 g/mol. The van der Waals surface area contributed by atoms with E-state index in [1.165, 1.54) is 0 Å². The van der Waals surface area contributed by atoms with Crippen molar-refractivity contribution in [1.82, 2.24) is 10.2 Å². The molecule has 2 aliphatic rings. The smallest absolute Gasteiger partial charge is 0.135 e. The zero-order valence-electron chi connectivity index (χ0n) is 9.34. The van der Waals surface area contributed by atoms with Gasteiger partial charge in [-0.1, -0.05) is 6.08 Å². The molecule has 0 aromatic rings. The van der Waals surface area contributed by atoms with Crippen LogP contribution in [-0.2, 0) is 0 Å². The Morgan fingerprint density at radius 1 is 1.44 bits per heavy atom. The maximum atomic E-state index is 10.4. The maximum Gasteiger partial charge on any atom is 0.135 e. The first-order valence-electron chi connectivity index (χ1n) is 5.77. The molecule has 0 spiro atoms. The van der Waals surface area contributed by atoms with Crippen LogP contribution in [0, 0.1) is 0 Å². The van der Waals surface area contributed by atoms with Crippen molar-refractivity contribution in [3.05, 3.63) is 12.7 Å². The van der Waals surface area contributed by atoms with Crippen molar-refractivity contribution >= 4 is 0 Å². The molecule has 0 aliphatic carbocycles. The van der Waals surface area contributed by atoms with Crippen LogP contribution in [0.1, 0.15) is 12.8 Å². The van der Waals surface area contributed by atoms with E-state index < -0.39 is 24.0 Å². The van der Waals surface area contributed by atoms with Gasteiger partial charge in [0.2, 0.25) is 0 Å². The summed E-state index contributed by atoms with van der Waals surface area (Å²) >= 11 is 0. The van der Waals surface area contributed by atoms with Crippen LogP contribution in [0.5, 0.6) is 0 Å². The van der Waals surface area contributed by atoms with Gasteiger partial charge in [-0.05, 0) is 6.42 Å². The van der Waals surface area contributed by atoms with Crippen LogP contribution in [0.25, 0.3) is 0 Å². The highest BCUT2D eigenvalue weighted by molar-refractivity contribution is 5.06. The van der Waals surface area contributed by atoms with Crippen molar-refractivity contribution in [2.75, 3.05) is 19.6 Å². The average Bonchev–Trinajstić information content (AvgIpc) is 2.60. The second kappa shape index (κ2) is 4.43. The fourth-order valence-electron chi connectivity index (χ4n) is 2.77. The molecule has 2 fully saturated rings. The van der Waals surface area contributed by atoms with Gasteiger partial charge in [0.15, 0.2) is 0 Å². The van der Waals surface area contributed by atoms with E-state index in [0.29, 0.717) is 19.4 Å². The topological polar surface area (TPSA) is 76.0 Å². The molecule has 0 radical (unpaired) electrons. The number of hydrogen-bond acceptors (Lipinski definition) is 5. The van der Waals surface area contributed by atoms with E-state index >= 15 is 0 Å². The van der Waals surface area contributed by atoms with Crippen LogP contribution in [-0.4, -0.2) is 63.8 Å². The van der Waals surface area contributed by atoms with Crippen LogP contribution in [0.4, 0.5) is 0 Å². The molecule has 4 unspecified atom stereocenters. The van der Waals surface area contributed by atoms with Crippen molar-refractivity contribution in [3.63, 3.8) is 0 Å². The molecule has 0 amide bonds. The molecule has 92 valence electrons. The Morgan fingerprint density at radius 3 is 2.88 bits per heavy atom. The standard InChI is InChI=1S/C11H20N2O3/c1-2-5-12-11(16)4-7-13-6-3-8(14)9(15)10(11)13/h2,8-10,12,14-16H,1,3-7H2. The lowest BCUT2D eigenvalue weighted by Crippen LogP contribution is -2.64. The Labute approximate surface area is 95.4 Å². The fourth-order valence-corrected chi connectivity index (χ4v) is 2.77. The lowest BCUT2D eigenvalue weighted by molar-refractivity contribution is -0.128. The number of nitrogens with zero attached hydrogens (tertiary/aromatic N) is 1. The first kappa shape index (κ1) is 12.0. The first-order chi connectivity index (χ1) is 7.58. The number of hydrogen-bond donors (Lipinski definition) is 4. The highest BCUT2D eigenvalue weighted by Gasteiger charge is 2.52. The molecule has 2 heterocycles. The lowest BCUT2D eigenvalue weighted by atomic mass is 9.91. The Hall–Kier alpha value is -0.460. The molecule has 0 aromatic carbocycles. The summed E-state index contributed by atoms with van der Waals surface area (Å²) in [7, 11) is 0. The van der Waals surface area contributed by atoms with Gasteiger partial charge in [-0.2, -0.15) is 0 Å². The van der Waals surface area contributed by atoms with E-state index in [1.807, 2.05) is 4.90 Å². The van der Waals surface area contributed by atoms with Crippen LogP contribution in [0.3, 0.4) is 0 Å². The van der Waals surface area contributed by atoms with Crippen molar-refractivity contribution in [2.24, 2.45) is 0 Å². The second-order valence-electron chi connectivity index (χ2n) is 4.67. The van der Waals surface area contributed by atoms with Gasteiger partial charge in [0, 0.05) is 26.1 Å². The van der Waals surface area contributed by atoms with E-state index in [1.54, 1.807) is 6.08 Å². The monoisotopic (exact) mass is 228 g/mol. The van der Waals surface area contributed by atoms with E-state index in [2.05, 4.69) is 11.9 Å². The van der Waals surface area contributed by atoms with Gasteiger partial charge < -0.3 is 15.3 Å². The largest absolute Gasteiger partial charge is 0.390 e. The van der Waals surface area contributed by atoms with Crippen molar-refractivity contribution in [2.45, 2.75) is 36.8 Å². The number of fused-ring (bicyclic) bond motifs is 1. The summed E-state index contributed by atoms with van der Waals surface area (Å²) in [6, 6.07) is -0.420. The Morgan fingerprint density at radius 2 is 2.19 bits per heavy atom. The summed E-state index contributed by atoms with van der Waals surface area (Å²) in [5, 5.41) is 33.0. The molecular formula is C11H20N2O3. The van der Waals surface area contributed by atoms with E-state index in [9.17, 15) is 15.3 Å². The molecule has 4 N–H and O–H groups in total. The quantitative estimate of drug-likeness (QED) is 0.355. The molecular weight excluding hydrogens is 208 g/mol. The van der Waals surface area contributed by atoms with E-state index in [0.717, 1.165) is 13.1 Å². The summed E-state index contributed by atoms with van der Waals surface area (Å²) in [4.78, 5) is 2.04. The van der Waals surface area contributed by atoms with E-state index in [-0.39, 0.29) is 0 Å². The Bertz CT molecular complexity index is 274. The van der Waals surface area contributed by atoms with Crippen LogP contribution in [0.15, 0.2) is 12.7 Å². The van der Waals surface area contributed by atoms with Crippen LogP contribution < -0.4 is 5.32 Å². The van der Waals surface area contributed by atoms with Gasteiger partial charge in [0.25, 0.3) is 0 Å². The summed E-state index contributed by atoms with van der Waals surface area (Å²) in [6.45, 7) is 5.55. The first-order valence-corrected chi connectivity index (χ1v) is 5.77. The fraction of sp³-hybridized carbons (Fsp3) is 0.818.